The van der Waals surface area contributed by atoms with Crippen LogP contribution in [0.3, 0.4) is 0 Å². The van der Waals surface area contributed by atoms with Gasteiger partial charge in [-0.05, 0) is 97.4 Å². The second-order valence-electron chi connectivity index (χ2n) is 26.1. The van der Waals surface area contributed by atoms with Crippen LogP contribution in [0, 0.1) is 0 Å². The van der Waals surface area contributed by atoms with Gasteiger partial charge in [-0.15, -0.1) is 0 Å². The number of hydrogen-bond acceptors (Lipinski definition) is 8. The number of hydrogen-bond donors (Lipinski definition) is 0. The lowest BCUT2D eigenvalue weighted by Gasteiger charge is -2.30. The molecule has 0 aromatic heterocycles. The molecule has 0 aliphatic heterocycles. The molecule has 4 aromatic rings. The van der Waals surface area contributed by atoms with Gasteiger partial charge in [-0.2, -0.15) is 0 Å². The molecule has 10 heteroatoms. The van der Waals surface area contributed by atoms with Crippen molar-refractivity contribution in [2.75, 3.05) is 39.6 Å². The van der Waals surface area contributed by atoms with Crippen LogP contribution < -0.4 is 18.1 Å². The van der Waals surface area contributed by atoms with Gasteiger partial charge >= 0.3 is 17.2 Å². The van der Waals surface area contributed by atoms with E-state index in [1.165, 1.54) is 16.7 Å². The third kappa shape index (κ3) is 18.1. The van der Waals surface area contributed by atoms with E-state index in [1.54, 1.807) is 0 Å². The van der Waals surface area contributed by atoms with E-state index in [2.05, 4.69) is 213 Å². The van der Waals surface area contributed by atoms with Crippen molar-refractivity contribution >= 4 is 22.8 Å². The van der Waals surface area contributed by atoms with E-state index < -0.39 is 17.2 Å². The second-order valence-corrected chi connectivity index (χ2v) is 28.2. The van der Waals surface area contributed by atoms with Gasteiger partial charge in [0, 0.05) is 22.3 Å². The summed E-state index contributed by atoms with van der Waals surface area (Å²) in [6.45, 7) is 54.6. The highest BCUT2D eigenvalue weighted by molar-refractivity contribution is 7.42. The number of benzene rings is 4. The first-order valence-corrected chi connectivity index (χ1v) is 27.6. The van der Waals surface area contributed by atoms with E-state index in [0.717, 1.165) is 56.4 Å². The first kappa shape index (κ1) is 60.1. The van der Waals surface area contributed by atoms with Gasteiger partial charge in [-0.3, -0.25) is 9.05 Å². The zero-order valence-corrected chi connectivity index (χ0v) is 49.8. The van der Waals surface area contributed by atoms with Gasteiger partial charge in [0.1, 0.15) is 23.0 Å². The van der Waals surface area contributed by atoms with Crippen molar-refractivity contribution in [1.82, 2.24) is 0 Å². The van der Waals surface area contributed by atoms with Gasteiger partial charge in [-0.25, -0.2) is 0 Å². The summed E-state index contributed by atoms with van der Waals surface area (Å²) in [7, 11) is -3.76. The van der Waals surface area contributed by atoms with Gasteiger partial charge in [-0.1, -0.05) is 200 Å². The molecular weight excluding hydrogens is 923 g/mol. The Morgan fingerprint density at radius 2 is 0.606 bits per heavy atom. The predicted molar refractivity (Wildman–Crippen MR) is 301 cm³/mol. The molecular formula is C61H92O8P2. The molecule has 8 nitrogen and oxygen atoms in total. The molecule has 71 heavy (non-hydrogen) atoms. The molecule has 0 spiro atoms. The van der Waals surface area contributed by atoms with Gasteiger partial charge in [0.15, 0.2) is 0 Å². The van der Waals surface area contributed by atoms with E-state index in [4.69, 9.17) is 36.6 Å². The number of ether oxygens (including phenoxy) is 2. The molecule has 0 radical (unpaired) electrons. The van der Waals surface area contributed by atoms with Crippen molar-refractivity contribution in [2.45, 2.75) is 190 Å². The van der Waals surface area contributed by atoms with E-state index in [9.17, 15) is 0 Å². The van der Waals surface area contributed by atoms with Crippen LogP contribution in [0.4, 0.5) is 0 Å². The minimum atomic E-state index is -1.88. The van der Waals surface area contributed by atoms with E-state index in [-0.39, 0.29) is 51.1 Å². The van der Waals surface area contributed by atoms with Gasteiger partial charge in [0.05, 0.1) is 39.6 Å². The Balaban J connectivity index is 1.45. The quantitative estimate of drug-likeness (QED) is 0.0640. The Kier molecular flexibility index (Phi) is 20.1. The monoisotopic (exact) mass is 1010 g/mol. The highest BCUT2D eigenvalue weighted by Gasteiger charge is 2.32. The number of rotatable bonds is 20. The first-order chi connectivity index (χ1) is 32.5. The zero-order chi connectivity index (χ0) is 53.5. The highest BCUT2D eigenvalue weighted by Crippen LogP contribution is 2.50. The second kappa shape index (κ2) is 23.8. The third-order valence-corrected chi connectivity index (χ3v) is 14.3. The van der Waals surface area contributed by atoms with Crippen LogP contribution in [0.15, 0.2) is 79.4 Å². The van der Waals surface area contributed by atoms with Crippen LogP contribution >= 0.6 is 17.2 Å². The maximum absolute atomic E-state index is 6.76. The predicted octanol–water partition coefficient (Wildman–Crippen LogP) is 17.9. The Labute approximate surface area is 434 Å². The van der Waals surface area contributed by atoms with Crippen LogP contribution in [-0.2, 0) is 56.4 Å². The molecule has 0 aliphatic rings. The molecule has 1 unspecified atom stereocenters. The fourth-order valence-electron chi connectivity index (χ4n) is 7.58. The maximum Gasteiger partial charge on any atom is 0.463 e. The summed E-state index contributed by atoms with van der Waals surface area (Å²) in [4.78, 5) is 0. The summed E-state index contributed by atoms with van der Waals surface area (Å²) < 4.78 is 51.9. The molecule has 394 valence electrons. The lowest BCUT2D eigenvalue weighted by molar-refractivity contribution is 0.0257. The van der Waals surface area contributed by atoms with E-state index >= 15 is 0 Å². The summed E-state index contributed by atoms with van der Waals surface area (Å²) in [6, 6.07) is 25.6. The first-order valence-electron chi connectivity index (χ1n) is 25.4. The van der Waals surface area contributed by atoms with Gasteiger partial charge in [0.2, 0.25) is 0 Å². The number of allylic oxidation sites excluding steroid dienone is 1. The molecule has 0 aliphatic carbocycles. The lowest BCUT2D eigenvalue weighted by Crippen LogP contribution is -2.19. The Morgan fingerprint density at radius 1 is 0.352 bits per heavy atom. The molecule has 1 atom stereocenters. The molecule has 0 fully saturated rings. The lowest BCUT2D eigenvalue weighted by atomic mass is 9.80. The average Bonchev–Trinajstić information content (AvgIpc) is 3.21. The Morgan fingerprint density at radius 3 is 0.859 bits per heavy atom. The molecule has 0 saturated heterocycles. The SMILES string of the molecule is C=C(C)c1ccc(OP(OCCOCCOCCOP(Oc2ccc(C(C)(C)C)cc2C(C)(C)C)Oc2ccc(C(C)(C)C)cc2C(C)(C)C)Oc2ccc(C(C)(C)C)cc2C(C)(C)C)c(C(C)(C)C)c1. The van der Waals surface area contributed by atoms with Crippen molar-refractivity contribution in [3.05, 3.63) is 124 Å². The molecule has 0 amide bonds. The molecule has 0 saturated carbocycles. The van der Waals surface area contributed by atoms with Crippen LogP contribution in [0.5, 0.6) is 23.0 Å². The molecule has 4 rings (SSSR count). The molecule has 4 aromatic carbocycles. The largest absolute Gasteiger partial charge is 0.463 e. The summed E-state index contributed by atoms with van der Waals surface area (Å²) >= 11 is 0. The summed E-state index contributed by atoms with van der Waals surface area (Å²) in [5, 5.41) is 0. The van der Waals surface area contributed by atoms with Gasteiger partial charge < -0.3 is 27.6 Å². The smallest absolute Gasteiger partial charge is 0.417 e. The van der Waals surface area contributed by atoms with Crippen LogP contribution in [-0.4, -0.2) is 39.6 Å². The molecule has 0 N–H and O–H groups in total. The standard InChI is InChI=1S/C61H92O8P2/c1-42(2)43-24-28-51(47(38-43)58(12,13)14)66-70(67-52-29-25-44(55(3,4)5)39-48(52)59(15,16)17)64-36-34-62-32-33-63-35-37-65-71(68-53-30-26-45(56(6,7)8)40-49(53)60(18,19)20)69-54-31-27-46(57(9,10)11)41-50(54)61(21,22)23/h24-31,38-41H,1,32-37H2,2-23H3. The minimum Gasteiger partial charge on any atom is -0.417 e. The summed E-state index contributed by atoms with van der Waals surface area (Å²) in [5.41, 5.74) is 9.33. The molecule has 0 bridgehead atoms. The molecule has 0 heterocycles. The minimum absolute atomic E-state index is 0.0165. The highest BCUT2D eigenvalue weighted by atomic mass is 31.2. The zero-order valence-electron chi connectivity index (χ0n) is 48.0. The average molecular weight is 1020 g/mol. The van der Waals surface area contributed by atoms with Crippen LogP contribution in [0.2, 0.25) is 0 Å². The fourth-order valence-corrected chi connectivity index (χ4v) is 9.59. The topological polar surface area (TPSA) is 73.8 Å². The maximum atomic E-state index is 6.76. The normalized spacial score (nSPS) is 13.6. The van der Waals surface area contributed by atoms with Crippen LogP contribution in [0.25, 0.3) is 5.57 Å². The van der Waals surface area contributed by atoms with Crippen molar-refractivity contribution in [2.24, 2.45) is 0 Å². The summed E-state index contributed by atoms with van der Waals surface area (Å²) in [6.07, 6.45) is 0. The van der Waals surface area contributed by atoms with Gasteiger partial charge in [0.25, 0.3) is 0 Å². The van der Waals surface area contributed by atoms with E-state index in [1.807, 2.05) is 19.1 Å². The van der Waals surface area contributed by atoms with E-state index in [0.29, 0.717) is 26.4 Å². The van der Waals surface area contributed by atoms with Crippen molar-refractivity contribution in [3.8, 4) is 23.0 Å². The third-order valence-electron chi connectivity index (χ3n) is 12.2. The Bertz CT molecular complexity index is 2300. The van der Waals surface area contributed by atoms with Crippen LogP contribution in [0.1, 0.15) is 197 Å². The Hall–Kier alpha value is -3.48. The van der Waals surface area contributed by atoms with Crippen molar-refractivity contribution in [1.29, 1.82) is 0 Å². The van der Waals surface area contributed by atoms with Crippen molar-refractivity contribution < 1.29 is 36.6 Å². The fraction of sp³-hybridized carbons (Fsp3) is 0.574. The van der Waals surface area contributed by atoms with Crippen molar-refractivity contribution in [3.63, 3.8) is 0 Å². The summed E-state index contributed by atoms with van der Waals surface area (Å²) in [5.74, 6) is 2.96.